The van der Waals surface area contributed by atoms with Gasteiger partial charge in [-0.1, -0.05) is 0 Å². The molecule has 20 heavy (non-hydrogen) atoms. The standard InChI is InChI=1S/C13H15BrN4O2/c1-4-18-10(13(14)8(2)17-18)7-11(19)9-5-6-12(20-3)16-15-9/h5-6H,4,7H2,1-3H3. The highest BCUT2D eigenvalue weighted by Gasteiger charge is 2.17. The van der Waals surface area contributed by atoms with Gasteiger partial charge in [0, 0.05) is 12.6 Å². The lowest BCUT2D eigenvalue weighted by atomic mass is 10.1. The van der Waals surface area contributed by atoms with Crippen molar-refractivity contribution in [1.82, 2.24) is 20.0 Å². The molecule has 7 heteroatoms. The summed E-state index contributed by atoms with van der Waals surface area (Å²) < 4.78 is 7.60. The number of aromatic nitrogens is 4. The molecule has 0 saturated heterocycles. The number of halogens is 1. The molecule has 2 rings (SSSR count). The van der Waals surface area contributed by atoms with Crippen LogP contribution in [0.1, 0.15) is 28.8 Å². The first-order chi connectivity index (χ1) is 9.56. The van der Waals surface area contributed by atoms with Crippen LogP contribution in [0.5, 0.6) is 5.88 Å². The molecule has 0 aliphatic carbocycles. The van der Waals surface area contributed by atoms with Crippen molar-refractivity contribution in [1.29, 1.82) is 0 Å². The molecule has 6 nitrogen and oxygen atoms in total. The average molecular weight is 339 g/mol. The molecule has 0 unspecified atom stereocenters. The molecule has 0 N–H and O–H groups in total. The summed E-state index contributed by atoms with van der Waals surface area (Å²) in [7, 11) is 1.51. The van der Waals surface area contributed by atoms with Gasteiger partial charge in [0.15, 0.2) is 5.78 Å². The predicted molar refractivity (Wildman–Crippen MR) is 77.0 cm³/mol. The number of hydrogen-bond acceptors (Lipinski definition) is 5. The van der Waals surface area contributed by atoms with Crippen LogP contribution >= 0.6 is 15.9 Å². The minimum atomic E-state index is -0.101. The van der Waals surface area contributed by atoms with Crippen molar-refractivity contribution in [2.24, 2.45) is 0 Å². The van der Waals surface area contributed by atoms with Gasteiger partial charge < -0.3 is 4.74 Å². The fourth-order valence-electron chi connectivity index (χ4n) is 1.86. The third-order valence-electron chi connectivity index (χ3n) is 2.92. The van der Waals surface area contributed by atoms with Crippen LogP contribution in [-0.2, 0) is 13.0 Å². The SMILES string of the molecule is CCn1nc(C)c(Br)c1CC(=O)c1ccc(OC)nn1. The molecule has 0 aromatic carbocycles. The van der Waals surface area contributed by atoms with Crippen LogP contribution in [0.15, 0.2) is 16.6 Å². The van der Waals surface area contributed by atoms with E-state index < -0.39 is 0 Å². The Morgan fingerprint density at radius 1 is 1.40 bits per heavy atom. The molecule has 0 spiro atoms. The number of nitrogens with zero attached hydrogens (tertiary/aromatic N) is 4. The van der Waals surface area contributed by atoms with E-state index >= 15 is 0 Å². The molecule has 0 bridgehead atoms. The molecule has 106 valence electrons. The molecule has 0 aliphatic rings. The van der Waals surface area contributed by atoms with E-state index in [4.69, 9.17) is 4.74 Å². The zero-order valence-electron chi connectivity index (χ0n) is 11.6. The van der Waals surface area contributed by atoms with Gasteiger partial charge in [-0.2, -0.15) is 5.10 Å². The number of ether oxygens (including phenoxy) is 1. The predicted octanol–water partition coefficient (Wildman–Crippen LogP) is 2.20. The Morgan fingerprint density at radius 3 is 2.70 bits per heavy atom. The second kappa shape index (κ2) is 6.13. The van der Waals surface area contributed by atoms with Gasteiger partial charge in [-0.3, -0.25) is 9.48 Å². The van der Waals surface area contributed by atoms with Crippen molar-refractivity contribution in [3.63, 3.8) is 0 Å². The third kappa shape index (κ3) is 2.87. The maximum absolute atomic E-state index is 12.2. The zero-order valence-corrected chi connectivity index (χ0v) is 13.1. The highest BCUT2D eigenvalue weighted by Crippen LogP contribution is 2.22. The van der Waals surface area contributed by atoms with E-state index in [9.17, 15) is 4.79 Å². The van der Waals surface area contributed by atoms with Crippen LogP contribution in [0.3, 0.4) is 0 Å². The van der Waals surface area contributed by atoms with Gasteiger partial charge in [-0.05, 0) is 35.8 Å². The summed E-state index contributed by atoms with van der Waals surface area (Å²) in [5.41, 5.74) is 2.04. The van der Waals surface area contributed by atoms with Crippen molar-refractivity contribution in [2.45, 2.75) is 26.8 Å². The van der Waals surface area contributed by atoms with Crippen LogP contribution < -0.4 is 4.74 Å². The van der Waals surface area contributed by atoms with Crippen LogP contribution in [0.4, 0.5) is 0 Å². The Bertz CT molecular complexity index is 622. The Kier molecular flexibility index (Phi) is 4.49. The van der Waals surface area contributed by atoms with Crippen LogP contribution in [0, 0.1) is 6.92 Å². The summed E-state index contributed by atoms with van der Waals surface area (Å²) >= 11 is 3.47. The van der Waals surface area contributed by atoms with E-state index in [1.165, 1.54) is 7.11 Å². The molecule has 0 aliphatic heterocycles. The number of hydrogen-bond donors (Lipinski definition) is 0. The molecule has 2 aromatic rings. The quantitative estimate of drug-likeness (QED) is 0.781. The second-order valence-electron chi connectivity index (χ2n) is 4.22. The lowest BCUT2D eigenvalue weighted by Gasteiger charge is -2.05. The number of carbonyl (C=O) groups is 1. The molecule has 0 fully saturated rings. The fraction of sp³-hybridized carbons (Fsp3) is 0.385. The first-order valence-electron chi connectivity index (χ1n) is 6.19. The topological polar surface area (TPSA) is 69.9 Å². The van der Waals surface area contributed by atoms with E-state index in [0.29, 0.717) is 18.1 Å². The molecule has 0 radical (unpaired) electrons. The first-order valence-corrected chi connectivity index (χ1v) is 6.98. The Balaban J connectivity index is 2.22. The molecule has 0 saturated carbocycles. The third-order valence-corrected chi connectivity index (χ3v) is 3.95. The fourth-order valence-corrected chi connectivity index (χ4v) is 2.28. The first kappa shape index (κ1) is 14.6. The Morgan fingerprint density at radius 2 is 2.15 bits per heavy atom. The number of carbonyl (C=O) groups excluding carboxylic acids is 1. The smallest absolute Gasteiger partial charge is 0.233 e. The van der Waals surface area contributed by atoms with Crippen molar-refractivity contribution < 1.29 is 9.53 Å². The summed E-state index contributed by atoms with van der Waals surface area (Å²) in [5, 5.41) is 12.0. The van der Waals surface area contributed by atoms with E-state index in [2.05, 4.69) is 31.2 Å². The van der Waals surface area contributed by atoms with Crippen molar-refractivity contribution in [3.8, 4) is 5.88 Å². The van der Waals surface area contributed by atoms with Crippen molar-refractivity contribution in [2.75, 3.05) is 7.11 Å². The maximum atomic E-state index is 12.2. The molecule has 0 atom stereocenters. The van der Waals surface area contributed by atoms with E-state index in [1.807, 2.05) is 18.5 Å². The largest absolute Gasteiger partial charge is 0.480 e. The van der Waals surface area contributed by atoms with Gasteiger partial charge in [0.1, 0.15) is 5.69 Å². The molecule has 0 amide bonds. The van der Waals surface area contributed by atoms with Gasteiger partial charge >= 0.3 is 0 Å². The van der Waals surface area contributed by atoms with Crippen LogP contribution in [-0.4, -0.2) is 32.9 Å². The minimum absolute atomic E-state index is 0.101. The number of Topliss-reactive ketones (excluding diaryl/α,β-unsaturated/α-hetero) is 1. The highest BCUT2D eigenvalue weighted by atomic mass is 79.9. The van der Waals surface area contributed by atoms with Crippen LogP contribution in [0.25, 0.3) is 0 Å². The summed E-state index contributed by atoms with van der Waals surface area (Å²) in [6.07, 6.45) is 0.232. The number of aryl methyl sites for hydroxylation is 2. The number of methoxy groups -OCH3 is 1. The maximum Gasteiger partial charge on any atom is 0.233 e. The Labute approximate surface area is 125 Å². The molecule has 2 aromatic heterocycles. The summed E-state index contributed by atoms with van der Waals surface area (Å²) in [5.74, 6) is 0.285. The van der Waals surface area contributed by atoms with Gasteiger partial charge in [0.2, 0.25) is 5.88 Å². The zero-order chi connectivity index (χ0) is 14.7. The van der Waals surface area contributed by atoms with Gasteiger partial charge in [0.05, 0.1) is 29.4 Å². The summed E-state index contributed by atoms with van der Waals surface area (Å²) in [6, 6.07) is 3.24. The lowest BCUT2D eigenvalue weighted by Crippen LogP contribution is -2.12. The van der Waals surface area contributed by atoms with Gasteiger partial charge in [0.25, 0.3) is 0 Å². The molecular formula is C13H15BrN4O2. The second-order valence-corrected chi connectivity index (χ2v) is 5.02. The molecule has 2 heterocycles. The van der Waals surface area contributed by atoms with E-state index in [0.717, 1.165) is 15.9 Å². The number of ketones is 1. The lowest BCUT2D eigenvalue weighted by molar-refractivity contribution is 0.0984. The average Bonchev–Trinajstić information content (AvgIpc) is 2.75. The summed E-state index contributed by atoms with van der Waals surface area (Å²) in [6.45, 7) is 4.60. The van der Waals surface area contributed by atoms with Crippen molar-refractivity contribution in [3.05, 3.63) is 33.7 Å². The number of rotatable bonds is 5. The van der Waals surface area contributed by atoms with Crippen molar-refractivity contribution >= 4 is 21.7 Å². The van der Waals surface area contributed by atoms with Gasteiger partial charge in [-0.25, -0.2) is 0 Å². The molecular weight excluding hydrogens is 324 g/mol. The minimum Gasteiger partial charge on any atom is -0.480 e. The van der Waals surface area contributed by atoms with Crippen LogP contribution in [0.2, 0.25) is 0 Å². The normalized spacial score (nSPS) is 10.6. The van der Waals surface area contributed by atoms with E-state index in [1.54, 1.807) is 12.1 Å². The van der Waals surface area contributed by atoms with Gasteiger partial charge in [-0.15, -0.1) is 10.2 Å². The summed E-state index contributed by atoms with van der Waals surface area (Å²) in [4.78, 5) is 12.2. The monoisotopic (exact) mass is 338 g/mol. The Hall–Kier alpha value is -1.76. The highest BCUT2D eigenvalue weighted by molar-refractivity contribution is 9.10. The van der Waals surface area contributed by atoms with E-state index in [-0.39, 0.29) is 12.2 Å².